The van der Waals surface area contributed by atoms with Gasteiger partial charge in [0.25, 0.3) is 5.69 Å². The zero-order valence-corrected chi connectivity index (χ0v) is 9.33. The van der Waals surface area contributed by atoms with Gasteiger partial charge in [-0.1, -0.05) is 22.9 Å². The molecule has 1 aromatic heterocycles. The summed E-state index contributed by atoms with van der Waals surface area (Å²) in [6.45, 7) is 0. The summed E-state index contributed by atoms with van der Waals surface area (Å²) in [4.78, 5) is 10.00. The van der Waals surface area contributed by atoms with Crippen LogP contribution < -0.4 is 5.73 Å². The predicted octanol–water partition coefficient (Wildman–Crippen LogP) is 2.35. The summed E-state index contributed by atoms with van der Waals surface area (Å²) in [7, 11) is 0. The Morgan fingerprint density at radius 1 is 1.44 bits per heavy atom. The zero-order valence-electron chi connectivity index (χ0n) is 7.75. The maximum absolute atomic E-state index is 10.5. The predicted molar refractivity (Wildman–Crippen MR) is 61.4 cm³/mol. The fourth-order valence-electron chi connectivity index (χ4n) is 1.13. The van der Waals surface area contributed by atoms with Crippen molar-refractivity contribution in [3.8, 4) is 10.6 Å². The van der Waals surface area contributed by atoms with Gasteiger partial charge in [0.05, 0.1) is 9.95 Å². The molecule has 0 radical (unpaired) electrons. The van der Waals surface area contributed by atoms with E-state index < -0.39 is 4.92 Å². The van der Waals surface area contributed by atoms with E-state index in [0.29, 0.717) is 15.7 Å². The van der Waals surface area contributed by atoms with Gasteiger partial charge in [-0.25, -0.2) is 0 Å². The van der Waals surface area contributed by atoms with Gasteiger partial charge in [0.1, 0.15) is 0 Å². The molecule has 1 heterocycles. The van der Waals surface area contributed by atoms with Crippen LogP contribution in [0, 0.1) is 10.1 Å². The highest BCUT2D eigenvalue weighted by Gasteiger charge is 2.13. The SMILES string of the molecule is Nc1nnc(-c2ccc([N+](=O)[O-])cc2Cl)s1. The van der Waals surface area contributed by atoms with Crippen molar-refractivity contribution in [1.82, 2.24) is 10.2 Å². The molecule has 2 aromatic rings. The molecule has 0 amide bonds. The zero-order chi connectivity index (χ0) is 11.7. The first-order valence-corrected chi connectivity index (χ1v) is 5.30. The van der Waals surface area contributed by atoms with Gasteiger partial charge >= 0.3 is 0 Å². The van der Waals surface area contributed by atoms with Gasteiger partial charge in [0, 0.05) is 17.7 Å². The highest BCUT2D eigenvalue weighted by molar-refractivity contribution is 7.18. The Labute approximate surface area is 98.8 Å². The Morgan fingerprint density at radius 3 is 2.69 bits per heavy atom. The van der Waals surface area contributed by atoms with Crippen LogP contribution in [0.4, 0.5) is 10.8 Å². The lowest BCUT2D eigenvalue weighted by atomic mass is 10.2. The molecule has 0 aliphatic heterocycles. The molecule has 0 fully saturated rings. The van der Waals surface area contributed by atoms with Gasteiger partial charge in [0.15, 0.2) is 5.01 Å². The van der Waals surface area contributed by atoms with E-state index in [4.69, 9.17) is 17.3 Å². The number of halogens is 1. The van der Waals surface area contributed by atoms with E-state index in [0.717, 1.165) is 0 Å². The van der Waals surface area contributed by atoms with Crippen LogP contribution in [0.25, 0.3) is 10.6 Å². The first kappa shape index (κ1) is 10.8. The fourth-order valence-corrected chi connectivity index (χ4v) is 2.10. The minimum absolute atomic E-state index is 0.0637. The number of aromatic nitrogens is 2. The normalized spacial score (nSPS) is 10.3. The third-order valence-electron chi connectivity index (χ3n) is 1.83. The fraction of sp³-hybridized carbons (Fsp3) is 0. The third-order valence-corrected chi connectivity index (χ3v) is 2.93. The number of benzene rings is 1. The Balaban J connectivity index is 2.47. The van der Waals surface area contributed by atoms with Gasteiger partial charge in [-0.3, -0.25) is 10.1 Å². The lowest BCUT2D eigenvalue weighted by Gasteiger charge is -1.98. The number of nitrogens with zero attached hydrogens (tertiary/aromatic N) is 3. The van der Waals surface area contributed by atoms with Crippen LogP contribution in [0.1, 0.15) is 0 Å². The average Bonchev–Trinajstić information content (AvgIpc) is 2.64. The van der Waals surface area contributed by atoms with Crippen LogP contribution in [0.5, 0.6) is 0 Å². The molecule has 82 valence electrons. The molecule has 1 aromatic carbocycles. The number of nitrogens with two attached hydrogens (primary N) is 1. The highest BCUT2D eigenvalue weighted by atomic mass is 35.5. The van der Waals surface area contributed by atoms with Crippen molar-refractivity contribution in [3.05, 3.63) is 33.3 Å². The molecular formula is C8H5ClN4O2S. The largest absolute Gasteiger partial charge is 0.374 e. The van der Waals surface area contributed by atoms with Crippen molar-refractivity contribution >= 4 is 33.8 Å². The first-order chi connectivity index (χ1) is 7.58. The van der Waals surface area contributed by atoms with Gasteiger partial charge in [-0.2, -0.15) is 0 Å². The van der Waals surface area contributed by atoms with Crippen LogP contribution in [0.3, 0.4) is 0 Å². The molecule has 16 heavy (non-hydrogen) atoms. The van der Waals surface area contributed by atoms with E-state index in [-0.39, 0.29) is 10.7 Å². The quantitative estimate of drug-likeness (QED) is 0.657. The maximum Gasteiger partial charge on any atom is 0.270 e. The van der Waals surface area contributed by atoms with Crippen LogP contribution in [-0.2, 0) is 0 Å². The van der Waals surface area contributed by atoms with E-state index in [1.54, 1.807) is 0 Å². The second-order valence-electron chi connectivity index (χ2n) is 2.87. The Kier molecular flexibility index (Phi) is 2.71. The number of anilines is 1. The van der Waals surface area contributed by atoms with E-state index in [2.05, 4.69) is 10.2 Å². The van der Waals surface area contributed by atoms with E-state index in [1.165, 1.54) is 29.5 Å². The Morgan fingerprint density at radius 2 is 2.19 bits per heavy atom. The summed E-state index contributed by atoms with van der Waals surface area (Å²) in [5.41, 5.74) is 5.96. The van der Waals surface area contributed by atoms with Crippen molar-refractivity contribution in [3.63, 3.8) is 0 Å². The third kappa shape index (κ3) is 1.95. The number of nitro benzene ring substituents is 1. The summed E-state index contributed by atoms with van der Waals surface area (Å²) < 4.78 is 0. The van der Waals surface area contributed by atoms with Crippen LogP contribution >= 0.6 is 22.9 Å². The number of nitro groups is 1. The first-order valence-electron chi connectivity index (χ1n) is 4.11. The molecule has 0 aliphatic carbocycles. The summed E-state index contributed by atoms with van der Waals surface area (Å²) >= 11 is 7.08. The second kappa shape index (κ2) is 4.03. The number of rotatable bonds is 2. The molecule has 0 aliphatic rings. The molecule has 0 saturated carbocycles. The molecule has 0 saturated heterocycles. The molecule has 0 atom stereocenters. The van der Waals surface area contributed by atoms with Gasteiger partial charge in [-0.05, 0) is 6.07 Å². The number of hydrogen-bond acceptors (Lipinski definition) is 6. The van der Waals surface area contributed by atoms with Gasteiger partial charge in [-0.15, -0.1) is 10.2 Å². The lowest BCUT2D eigenvalue weighted by molar-refractivity contribution is -0.384. The number of nitrogen functional groups attached to an aromatic ring is 1. The Hall–Kier alpha value is -1.73. The second-order valence-corrected chi connectivity index (χ2v) is 4.28. The minimum Gasteiger partial charge on any atom is -0.374 e. The van der Waals surface area contributed by atoms with E-state index in [1.807, 2.05) is 0 Å². The van der Waals surface area contributed by atoms with Crippen LogP contribution in [-0.4, -0.2) is 15.1 Å². The van der Waals surface area contributed by atoms with E-state index >= 15 is 0 Å². The van der Waals surface area contributed by atoms with Crippen molar-refractivity contribution in [2.75, 3.05) is 5.73 Å². The highest BCUT2D eigenvalue weighted by Crippen LogP contribution is 2.33. The molecule has 0 unspecified atom stereocenters. The molecule has 0 spiro atoms. The minimum atomic E-state index is -0.510. The standard InChI is InChI=1S/C8H5ClN4O2S/c9-6-3-4(13(14)15)1-2-5(6)7-11-12-8(10)16-7/h1-3H,(H2,10,12). The average molecular weight is 257 g/mol. The summed E-state index contributed by atoms with van der Waals surface area (Å²) in [6, 6.07) is 4.16. The smallest absolute Gasteiger partial charge is 0.270 e. The van der Waals surface area contributed by atoms with E-state index in [9.17, 15) is 10.1 Å². The van der Waals surface area contributed by atoms with Crippen molar-refractivity contribution < 1.29 is 4.92 Å². The van der Waals surface area contributed by atoms with Crippen molar-refractivity contribution in [1.29, 1.82) is 0 Å². The molecule has 2 rings (SSSR count). The number of hydrogen-bond donors (Lipinski definition) is 1. The molecule has 6 nitrogen and oxygen atoms in total. The van der Waals surface area contributed by atoms with Crippen molar-refractivity contribution in [2.24, 2.45) is 0 Å². The summed E-state index contributed by atoms with van der Waals surface area (Å²) in [5.74, 6) is 0. The molecular weight excluding hydrogens is 252 g/mol. The van der Waals surface area contributed by atoms with Gasteiger partial charge in [0.2, 0.25) is 5.13 Å². The van der Waals surface area contributed by atoms with Crippen LogP contribution in [0.15, 0.2) is 18.2 Å². The molecule has 0 bridgehead atoms. The Bertz CT molecular complexity index is 557. The summed E-state index contributed by atoms with van der Waals surface area (Å²) in [6.07, 6.45) is 0. The molecule has 2 N–H and O–H groups in total. The van der Waals surface area contributed by atoms with Gasteiger partial charge < -0.3 is 5.73 Å². The topological polar surface area (TPSA) is 94.9 Å². The lowest BCUT2D eigenvalue weighted by Crippen LogP contribution is -1.88. The van der Waals surface area contributed by atoms with Crippen molar-refractivity contribution in [2.45, 2.75) is 0 Å². The molecule has 8 heteroatoms. The number of non-ortho nitro benzene ring substituents is 1. The maximum atomic E-state index is 10.5. The summed E-state index contributed by atoms with van der Waals surface area (Å²) in [5, 5.41) is 19.1. The van der Waals surface area contributed by atoms with Crippen LogP contribution in [0.2, 0.25) is 5.02 Å². The monoisotopic (exact) mass is 256 g/mol.